The van der Waals surface area contributed by atoms with Crippen molar-refractivity contribution >= 4 is 13.1 Å². The monoisotopic (exact) mass is 168 g/mol. The minimum Gasteiger partial charge on any atom is -0.481 e. The van der Waals surface area contributed by atoms with Crippen LogP contribution in [0.5, 0.6) is 0 Å². The number of aliphatic hydroxyl groups excluding tert-OH is 1. The lowest BCUT2D eigenvalue weighted by atomic mass is 10.9. The maximum Gasteiger partial charge on any atom is 0.300 e. The molecule has 0 spiro atoms. The third-order valence-electron chi connectivity index (χ3n) is 0.341. The number of hydrogen-bond acceptors (Lipinski definition) is 3. The molecule has 0 aromatic rings. The summed E-state index contributed by atoms with van der Waals surface area (Å²) in [5.74, 6) is -0.833. The molecule has 0 atom stereocenters. The summed E-state index contributed by atoms with van der Waals surface area (Å²) in [6.07, 6.45) is -0.174. The van der Waals surface area contributed by atoms with Gasteiger partial charge >= 0.3 is 0 Å². The van der Waals surface area contributed by atoms with E-state index in [0.29, 0.717) is 0 Å². The molecule has 0 radical (unpaired) electrons. The van der Waals surface area contributed by atoms with Crippen molar-refractivity contribution in [2.75, 3.05) is 19.7 Å². The van der Waals surface area contributed by atoms with Crippen LogP contribution in [0.1, 0.15) is 6.92 Å². The van der Waals surface area contributed by atoms with E-state index in [1.54, 1.807) is 13.3 Å². The zero-order chi connectivity index (χ0) is 8.78. The number of carboxylic acid groups (broad SMARTS) is 1. The Bertz CT molecular complexity index is 133. The van der Waals surface area contributed by atoms with E-state index in [2.05, 4.69) is 0 Å². The lowest BCUT2D eigenvalue weighted by Crippen LogP contribution is -1.79. The fourth-order valence-corrected chi connectivity index (χ4v) is 0. The van der Waals surface area contributed by atoms with Gasteiger partial charge in [0.05, 0.1) is 6.35 Å². The van der Waals surface area contributed by atoms with Gasteiger partial charge in [0.15, 0.2) is 0 Å². The molecule has 0 aliphatic carbocycles. The largest absolute Gasteiger partial charge is 0.481 e. The third-order valence-corrected chi connectivity index (χ3v) is 1.02. The fraction of sp³-hybridized carbons (Fsp3) is 0.800. The minimum absolute atomic E-state index is 0.174. The van der Waals surface area contributed by atoms with Gasteiger partial charge < -0.3 is 14.8 Å². The molecule has 0 rings (SSSR count). The quantitative estimate of drug-likeness (QED) is 0.563. The maximum atomic E-state index is 10.3. The van der Waals surface area contributed by atoms with Crippen molar-refractivity contribution in [1.82, 2.24) is 0 Å². The molecule has 0 bridgehead atoms. The Morgan fingerprint density at radius 1 is 1.50 bits per heavy atom. The summed E-state index contributed by atoms with van der Waals surface area (Å²) in [4.78, 5) is 9.00. The normalized spacial score (nSPS) is 9.60. The zero-order valence-electron chi connectivity index (χ0n) is 6.37. The molecule has 10 heavy (non-hydrogen) atoms. The van der Waals surface area contributed by atoms with Gasteiger partial charge in [-0.3, -0.25) is 4.79 Å². The number of carbonyl (C=O) groups is 1. The van der Waals surface area contributed by atoms with E-state index in [1.807, 2.05) is 0 Å². The summed E-state index contributed by atoms with van der Waals surface area (Å²) in [7, 11) is -2.09. The molecular weight excluding hydrogens is 155 g/mol. The summed E-state index contributed by atoms with van der Waals surface area (Å²) in [5, 5.41) is 15.6. The molecule has 2 N–H and O–H groups in total. The first-order chi connectivity index (χ1) is 4.29. The molecule has 0 fully saturated rings. The first-order valence-corrected chi connectivity index (χ1v) is 5.42. The second kappa shape index (κ2) is 5.45. The highest BCUT2D eigenvalue weighted by Crippen LogP contribution is 2.33. The molecule has 5 heteroatoms. The molecule has 62 valence electrons. The Balaban J connectivity index is 0. The number of aliphatic carboxylic acids is 1. The van der Waals surface area contributed by atoms with Gasteiger partial charge in [-0.05, 0) is 13.3 Å². The number of carboxylic acids is 1. The van der Waals surface area contributed by atoms with E-state index in [1.165, 1.54) is 0 Å². The topological polar surface area (TPSA) is 74.6 Å². The van der Waals surface area contributed by atoms with Gasteiger partial charge in [0.25, 0.3) is 5.97 Å². The highest BCUT2D eigenvalue weighted by atomic mass is 31.2. The zero-order valence-corrected chi connectivity index (χ0v) is 7.26. The van der Waals surface area contributed by atoms with Crippen molar-refractivity contribution in [3.8, 4) is 0 Å². The third kappa shape index (κ3) is 48.0. The molecule has 0 heterocycles. The van der Waals surface area contributed by atoms with E-state index in [9.17, 15) is 4.57 Å². The standard InChI is InChI=1S/C3H9O2P.C2H4O2/c1-6(2,5)3-4;1-2(3)4/h4H,3H2,1-2H3;1H3,(H,3,4). The Hall–Kier alpha value is -0.340. The summed E-state index contributed by atoms with van der Waals surface area (Å²) in [5.41, 5.74) is 0. The van der Waals surface area contributed by atoms with Crippen LogP contribution in [0.25, 0.3) is 0 Å². The molecule has 0 saturated carbocycles. The van der Waals surface area contributed by atoms with Crippen LogP contribution in [0.4, 0.5) is 0 Å². The maximum absolute atomic E-state index is 10.3. The fourth-order valence-electron chi connectivity index (χ4n) is 0. The Morgan fingerprint density at radius 2 is 1.60 bits per heavy atom. The predicted octanol–water partition coefficient (Wildman–Crippen LogP) is 0.650. The van der Waals surface area contributed by atoms with E-state index in [0.717, 1.165) is 6.92 Å². The highest BCUT2D eigenvalue weighted by Gasteiger charge is 2.00. The number of hydrogen-bond donors (Lipinski definition) is 2. The van der Waals surface area contributed by atoms with Gasteiger partial charge in [0.2, 0.25) is 0 Å². The van der Waals surface area contributed by atoms with Crippen molar-refractivity contribution in [2.45, 2.75) is 6.92 Å². The molecule has 0 aromatic heterocycles. The van der Waals surface area contributed by atoms with E-state index in [-0.39, 0.29) is 6.35 Å². The van der Waals surface area contributed by atoms with Crippen LogP contribution < -0.4 is 0 Å². The van der Waals surface area contributed by atoms with Gasteiger partial charge in [0, 0.05) is 6.92 Å². The SMILES string of the molecule is CC(=O)O.CP(C)(=O)CO. The van der Waals surface area contributed by atoms with Crippen molar-refractivity contribution in [1.29, 1.82) is 0 Å². The summed E-state index contributed by atoms with van der Waals surface area (Å²) in [6, 6.07) is 0. The lowest BCUT2D eigenvalue weighted by molar-refractivity contribution is -0.134. The smallest absolute Gasteiger partial charge is 0.300 e. The minimum atomic E-state index is -2.09. The Kier molecular flexibility index (Phi) is 6.72. The van der Waals surface area contributed by atoms with Crippen molar-refractivity contribution in [3.63, 3.8) is 0 Å². The summed E-state index contributed by atoms with van der Waals surface area (Å²) < 4.78 is 10.3. The van der Waals surface area contributed by atoms with Crippen LogP contribution in [0.2, 0.25) is 0 Å². The summed E-state index contributed by atoms with van der Waals surface area (Å²) in [6.45, 7) is 4.18. The van der Waals surface area contributed by atoms with Gasteiger partial charge in [-0.1, -0.05) is 0 Å². The van der Waals surface area contributed by atoms with Crippen LogP contribution in [-0.4, -0.2) is 35.9 Å². The number of rotatable bonds is 1. The second-order valence-corrected chi connectivity index (χ2v) is 5.67. The molecule has 0 amide bonds. The van der Waals surface area contributed by atoms with Crippen LogP contribution in [0, 0.1) is 0 Å². The highest BCUT2D eigenvalue weighted by molar-refractivity contribution is 7.62. The average Bonchev–Trinajstić information content (AvgIpc) is 1.63. The molecule has 0 aromatic carbocycles. The molecular formula is C5H13O4P. The van der Waals surface area contributed by atoms with E-state index in [4.69, 9.17) is 15.0 Å². The van der Waals surface area contributed by atoms with Crippen molar-refractivity contribution in [2.24, 2.45) is 0 Å². The van der Waals surface area contributed by atoms with Crippen molar-refractivity contribution < 1.29 is 19.6 Å². The first kappa shape index (κ1) is 12.3. The van der Waals surface area contributed by atoms with Gasteiger partial charge in [-0.2, -0.15) is 0 Å². The van der Waals surface area contributed by atoms with Gasteiger partial charge in [0.1, 0.15) is 7.14 Å². The van der Waals surface area contributed by atoms with E-state index >= 15 is 0 Å². The van der Waals surface area contributed by atoms with Crippen LogP contribution >= 0.6 is 7.14 Å². The van der Waals surface area contributed by atoms with Gasteiger partial charge in [-0.15, -0.1) is 0 Å². The van der Waals surface area contributed by atoms with Crippen LogP contribution in [-0.2, 0) is 9.36 Å². The van der Waals surface area contributed by atoms with Crippen LogP contribution in [0.15, 0.2) is 0 Å². The predicted molar refractivity (Wildman–Crippen MR) is 39.9 cm³/mol. The van der Waals surface area contributed by atoms with Crippen molar-refractivity contribution in [3.05, 3.63) is 0 Å². The Labute approximate surface area is 60.2 Å². The second-order valence-electron chi connectivity index (χ2n) is 2.23. The molecule has 0 aliphatic heterocycles. The molecule has 4 nitrogen and oxygen atoms in total. The molecule has 0 unspecified atom stereocenters. The van der Waals surface area contributed by atoms with E-state index < -0.39 is 13.1 Å². The Morgan fingerprint density at radius 3 is 1.60 bits per heavy atom. The van der Waals surface area contributed by atoms with Gasteiger partial charge in [-0.25, -0.2) is 0 Å². The summed E-state index contributed by atoms with van der Waals surface area (Å²) >= 11 is 0. The number of aliphatic hydroxyl groups is 1. The lowest BCUT2D eigenvalue weighted by Gasteiger charge is -1.95. The average molecular weight is 168 g/mol. The molecule has 0 saturated heterocycles. The molecule has 0 aliphatic rings. The first-order valence-electron chi connectivity index (χ1n) is 2.64. The van der Waals surface area contributed by atoms with Crippen LogP contribution in [0.3, 0.4) is 0 Å².